The molecule has 4 nitrogen and oxygen atoms in total. The third-order valence-corrected chi connectivity index (χ3v) is 1.97. The standard InChI is InChI=1S/C10H14N2O2/c1-12(7-5-10(13)14-2)9-4-3-6-11-8-9/h3-4,6,8H,5,7H2,1-2H3. The first-order valence-electron chi connectivity index (χ1n) is 4.42. The highest BCUT2D eigenvalue weighted by atomic mass is 16.5. The van der Waals surface area contributed by atoms with Crippen LogP contribution >= 0.6 is 0 Å². The van der Waals surface area contributed by atoms with Crippen LogP contribution < -0.4 is 4.90 Å². The summed E-state index contributed by atoms with van der Waals surface area (Å²) in [6.45, 7) is 0.637. The zero-order valence-corrected chi connectivity index (χ0v) is 8.43. The van der Waals surface area contributed by atoms with Crippen molar-refractivity contribution < 1.29 is 9.53 Å². The molecule has 0 saturated carbocycles. The Balaban J connectivity index is 2.43. The smallest absolute Gasteiger partial charge is 0.307 e. The number of hydrogen-bond acceptors (Lipinski definition) is 4. The second kappa shape index (κ2) is 5.21. The van der Waals surface area contributed by atoms with Crippen LogP contribution in [-0.4, -0.2) is 31.7 Å². The minimum atomic E-state index is -0.194. The third-order valence-electron chi connectivity index (χ3n) is 1.97. The number of carbonyl (C=O) groups is 1. The zero-order chi connectivity index (χ0) is 10.4. The minimum absolute atomic E-state index is 0.194. The van der Waals surface area contributed by atoms with E-state index in [-0.39, 0.29) is 5.97 Å². The maximum absolute atomic E-state index is 10.9. The van der Waals surface area contributed by atoms with Gasteiger partial charge in [-0.1, -0.05) is 0 Å². The summed E-state index contributed by atoms with van der Waals surface area (Å²) in [5.41, 5.74) is 0.997. The summed E-state index contributed by atoms with van der Waals surface area (Å²) >= 11 is 0. The third kappa shape index (κ3) is 3.05. The average Bonchev–Trinajstić information content (AvgIpc) is 2.26. The topological polar surface area (TPSA) is 42.4 Å². The molecule has 4 heteroatoms. The molecule has 0 aromatic carbocycles. The summed E-state index contributed by atoms with van der Waals surface area (Å²) in [6.07, 6.45) is 3.87. The summed E-state index contributed by atoms with van der Waals surface area (Å²) in [5, 5.41) is 0. The molecule has 14 heavy (non-hydrogen) atoms. The molecule has 0 bridgehead atoms. The lowest BCUT2D eigenvalue weighted by molar-refractivity contribution is -0.140. The molecule has 1 heterocycles. The van der Waals surface area contributed by atoms with Crippen molar-refractivity contribution >= 4 is 11.7 Å². The summed E-state index contributed by atoms with van der Waals surface area (Å²) < 4.78 is 4.56. The van der Waals surface area contributed by atoms with Crippen LogP contribution in [0.5, 0.6) is 0 Å². The first-order valence-corrected chi connectivity index (χ1v) is 4.42. The normalized spacial score (nSPS) is 9.57. The summed E-state index contributed by atoms with van der Waals surface area (Å²) in [7, 11) is 3.31. The van der Waals surface area contributed by atoms with Gasteiger partial charge in [-0.15, -0.1) is 0 Å². The number of anilines is 1. The lowest BCUT2D eigenvalue weighted by Crippen LogP contribution is -2.21. The van der Waals surface area contributed by atoms with Gasteiger partial charge >= 0.3 is 5.97 Å². The van der Waals surface area contributed by atoms with Crippen LogP contribution in [0, 0.1) is 0 Å². The van der Waals surface area contributed by atoms with E-state index < -0.39 is 0 Å². The van der Waals surface area contributed by atoms with Crippen LogP contribution in [0.1, 0.15) is 6.42 Å². The van der Waals surface area contributed by atoms with Crippen LogP contribution in [0.4, 0.5) is 5.69 Å². The van der Waals surface area contributed by atoms with Crippen molar-refractivity contribution in [3.63, 3.8) is 0 Å². The predicted molar refractivity (Wildman–Crippen MR) is 54.1 cm³/mol. The number of nitrogens with zero attached hydrogens (tertiary/aromatic N) is 2. The molecule has 0 aliphatic carbocycles. The number of hydrogen-bond donors (Lipinski definition) is 0. The molecule has 76 valence electrons. The van der Waals surface area contributed by atoms with E-state index in [0.29, 0.717) is 13.0 Å². The maximum Gasteiger partial charge on any atom is 0.307 e. The van der Waals surface area contributed by atoms with E-state index in [2.05, 4.69) is 9.72 Å². The van der Waals surface area contributed by atoms with Crippen molar-refractivity contribution in [2.24, 2.45) is 0 Å². The number of pyridine rings is 1. The Bertz CT molecular complexity index is 287. The van der Waals surface area contributed by atoms with E-state index >= 15 is 0 Å². The van der Waals surface area contributed by atoms with Crippen LogP contribution in [0.3, 0.4) is 0 Å². The monoisotopic (exact) mass is 194 g/mol. The highest BCUT2D eigenvalue weighted by Crippen LogP contribution is 2.09. The van der Waals surface area contributed by atoms with Crippen molar-refractivity contribution in [3.8, 4) is 0 Å². The number of rotatable bonds is 4. The number of ether oxygens (including phenoxy) is 1. The molecule has 0 N–H and O–H groups in total. The zero-order valence-electron chi connectivity index (χ0n) is 8.43. The van der Waals surface area contributed by atoms with E-state index in [1.54, 1.807) is 12.4 Å². The molecule has 0 aliphatic rings. The highest BCUT2D eigenvalue weighted by Gasteiger charge is 2.04. The Labute approximate surface area is 83.5 Å². The lowest BCUT2D eigenvalue weighted by atomic mass is 10.3. The Morgan fingerprint density at radius 2 is 2.43 bits per heavy atom. The number of carbonyl (C=O) groups excluding carboxylic acids is 1. The van der Waals surface area contributed by atoms with Crippen molar-refractivity contribution in [3.05, 3.63) is 24.5 Å². The van der Waals surface area contributed by atoms with Gasteiger partial charge in [-0.05, 0) is 12.1 Å². The molecular weight excluding hydrogens is 180 g/mol. The van der Waals surface area contributed by atoms with Crippen LogP contribution in [0.2, 0.25) is 0 Å². The SMILES string of the molecule is COC(=O)CCN(C)c1cccnc1. The molecule has 0 atom stereocenters. The molecule has 0 fully saturated rings. The van der Waals surface area contributed by atoms with Gasteiger partial charge in [0, 0.05) is 19.8 Å². The Morgan fingerprint density at radius 1 is 1.64 bits per heavy atom. The fourth-order valence-electron chi connectivity index (χ4n) is 1.07. The number of aromatic nitrogens is 1. The molecule has 0 unspecified atom stereocenters. The van der Waals surface area contributed by atoms with Gasteiger partial charge in [-0.2, -0.15) is 0 Å². The van der Waals surface area contributed by atoms with Crippen molar-refractivity contribution in [2.75, 3.05) is 25.6 Å². The molecule has 0 spiro atoms. The van der Waals surface area contributed by atoms with Crippen LogP contribution in [0.15, 0.2) is 24.5 Å². The quantitative estimate of drug-likeness (QED) is 0.673. The summed E-state index contributed by atoms with van der Waals surface area (Å²) in [4.78, 5) is 16.8. The van der Waals surface area contributed by atoms with Gasteiger partial charge in [0.05, 0.1) is 25.4 Å². The molecule has 0 radical (unpaired) electrons. The predicted octanol–water partition coefficient (Wildman–Crippen LogP) is 1.08. The molecule has 1 rings (SSSR count). The molecule has 1 aromatic heterocycles. The Hall–Kier alpha value is -1.58. The van der Waals surface area contributed by atoms with Gasteiger partial charge in [-0.3, -0.25) is 9.78 Å². The fourth-order valence-corrected chi connectivity index (χ4v) is 1.07. The number of methoxy groups -OCH3 is 1. The Kier molecular flexibility index (Phi) is 3.91. The minimum Gasteiger partial charge on any atom is -0.469 e. The van der Waals surface area contributed by atoms with Gasteiger partial charge in [0.2, 0.25) is 0 Å². The second-order valence-corrected chi connectivity index (χ2v) is 2.96. The molecule has 0 amide bonds. The van der Waals surface area contributed by atoms with Gasteiger partial charge in [0.25, 0.3) is 0 Å². The second-order valence-electron chi connectivity index (χ2n) is 2.96. The molecule has 0 aliphatic heterocycles. The highest BCUT2D eigenvalue weighted by molar-refractivity contribution is 5.69. The van der Waals surface area contributed by atoms with Gasteiger partial charge < -0.3 is 9.64 Å². The van der Waals surface area contributed by atoms with E-state index in [1.165, 1.54) is 7.11 Å². The van der Waals surface area contributed by atoms with Crippen molar-refractivity contribution in [1.82, 2.24) is 4.98 Å². The summed E-state index contributed by atoms with van der Waals surface area (Å²) in [5.74, 6) is -0.194. The van der Waals surface area contributed by atoms with E-state index in [1.807, 2.05) is 24.1 Å². The van der Waals surface area contributed by atoms with E-state index in [0.717, 1.165) is 5.69 Å². The van der Waals surface area contributed by atoms with Gasteiger partial charge in [0.1, 0.15) is 0 Å². The largest absolute Gasteiger partial charge is 0.469 e. The lowest BCUT2D eigenvalue weighted by Gasteiger charge is -2.17. The van der Waals surface area contributed by atoms with Crippen LogP contribution in [0.25, 0.3) is 0 Å². The molecule has 0 saturated heterocycles. The number of esters is 1. The van der Waals surface area contributed by atoms with Gasteiger partial charge in [-0.25, -0.2) is 0 Å². The average molecular weight is 194 g/mol. The van der Waals surface area contributed by atoms with Crippen molar-refractivity contribution in [2.45, 2.75) is 6.42 Å². The first kappa shape index (κ1) is 10.5. The maximum atomic E-state index is 10.9. The van der Waals surface area contributed by atoms with Gasteiger partial charge in [0.15, 0.2) is 0 Å². The Morgan fingerprint density at radius 3 is 3.00 bits per heavy atom. The summed E-state index contributed by atoms with van der Waals surface area (Å²) in [6, 6.07) is 3.81. The fraction of sp³-hybridized carbons (Fsp3) is 0.400. The first-order chi connectivity index (χ1) is 6.74. The van der Waals surface area contributed by atoms with E-state index in [9.17, 15) is 4.79 Å². The van der Waals surface area contributed by atoms with E-state index in [4.69, 9.17) is 0 Å². The van der Waals surface area contributed by atoms with Crippen molar-refractivity contribution in [1.29, 1.82) is 0 Å². The molecule has 1 aromatic rings. The molecular formula is C10H14N2O2. The van der Waals surface area contributed by atoms with Crippen LogP contribution in [-0.2, 0) is 9.53 Å².